The monoisotopic (exact) mass is 448 g/mol. The van der Waals surface area contributed by atoms with Crippen LogP contribution in [0.5, 0.6) is 5.75 Å². The molecule has 32 heavy (non-hydrogen) atoms. The van der Waals surface area contributed by atoms with E-state index in [1.54, 1.807) is 47.7 Å². The maximum atomic E-state index is 12.7. The van der Waals surface area contributed by atoms with Crippen LogP contribution in [-0.4, -0.2) is 28.1 Å². The van der Waals surface area contributed by atoms with Crippen LogP contribution in [0.3, 0.4) is 0 Å². The molecule has 0 bridgehead atoms. The number of benzene rings is 2. The van der Waals surface area contributed by atoms with Crippen LogP contribution in [0.15, 0.2) is 42.5 Å². The van der Waals surface area contributed by atoms with Crippen LogP contribution < -0.4 is 15.4 Å². The molecule has 1 heterocycles. The molecule has 7 nitrogen and oxygen atoms in total. The Morgan fingerprint density at radius 1 is 1.00 bits per heavy atom. The third-order valence-electron chi connectivity index (χ3n) is 5.55. The van der Waals surface area contributed by atoms with E-state index in [0.29, 0.717) is 35.1 Å². The number of aromatic nitrogens is 2. The van der Waals surface area contributed by atoms with E-state index in [2.05, 4.69) is 20.8 Å². The topological polar surface area (TPSA) is 93.2 Å². The molecule has 2 amide bonds. The van der Waals surface area contributed by atoms with E-state index in [1.807, 2.05) is 13.0 Å². The minimum Gasteiger partial charge on any atom is -0.486 e. The molecule has 0 saturated heterocycles. The minimum atomic E-state index is -0.238. The highest BCUT2D eigenvalue weighted by atomic mass is 32.1. The molecule has 3 aromatic rings. The van der Waals surface area contributed by atoms with Gasteiger partial charge < -0.3 is 15.4 Å². The zero-order chi connectivity index (χ0) is 22.1. The molecule has 0 atom stereocenters. The van der Waals surface area contributed by atoms with Crippen molar-refractivity contribution in [3.05, 3.63) is 69.2 Å². The third kappa shape index (κ3) is 4.96. The van der Waals surface area contributed by atoms with Crippen molar-refractivity contribution in [3.8, 4) is 5.75 Å². The summed E-state index contributed by atoms with van der Waals surface area (Å²) in [6, 6.07) is 12.6. The molecule has 2 saturated carbocycles. The smallest absolute Gasteiger partial charge is 0.255 e. The van der Waals surface area contributed by atoms with Gasteiger partial charge in [0, 0.05) is 28.8 Å². The lowest BCUT2D eigenvalue weighted by molar-refractivity contribution is 0.0949. The molecule has 8 heteroatoms. The van der Waals surface area contributed by atoms with Gasteiger partial charge in [-0.25, -0.2) is 0 Å². The van der Waals surface area contributed by atoms with E-state index in [0.717, 1.165) is 28.4 Å². The summed E-state index contributed by atoms with van der Waals surface area (Å²) in [5, 5.41) is 16.2. The Labute approximate surface area is 190 Å². The predicted molar refractivity (Wildman–Crippen MR) is 122 cm³/mol. The number of nitrogens with one attached hydrogen (secondary N) is 2. The number of carbonyl (C=O) groups excluding carboxylic acids is 2. The molecule has 2 N–H and O–H groups in total. The lowest BCUT2D eigenvalue weighted by Gasteiger charge is -2.11. The fourth-order valence-electron chi connectivity index (χ4n) is 3.26. The number of ether oxygens (including phenoxy) is 1. The van der Waals surface area contributed by atoms with E-state index < -0.39 is 0 Å². The van der Waals surface area contributed by atoms with Crippen LogP contribution in [-0.2, 0) is 6.61 Å². The average Bonchev–Trinajstić information content (AvgIpc) is 3.74. The van der Waals surface area contributed by atoms with Gasteiger partial charge in [-0.2, -0.15) is 0 Å². The minimum absolute atomic E-state index is 0.107. The average molecular weight is 449 g/mol. The molecular formula is C24H24N4O3S. The van der Waals surface area contributed by atoms with Crippen molar-refractivity contribution in [2.45, 2.75) is 51.2 Å². The molecule has 0 aliphatic heterocycles. The molecule has 2 aliphatic rings. The maximum absolute atomic E-state index is 12.7. The number of aryl methyl sites for hydroxylation is 1. The predicted octanol–water partition coefficient (Wildman–Crippen LogP) is 4.45. The molecule has 164 valence electrons. The molecule has 0 unspecified atom stereocenters. The van der Waals surface area contributed by atoms with E-state index in [4.69, 9.17) is 4.74 Å². The second-order valence-electron chi connectivity index (χ2n) is 8.35. The number of rotatable bonds is 8. The lowest BCUT2D eigenvalue weighted by Crippen LogP contribution is -2.25. The van der Waals surface area contributed by atoms with Crippen molar-refractivity contribution in [2.24, 2.45) is 0 Å². The summed E-state index contributed by atoms with van der Waals surface area (Å²) in [7, 11) is 0. The Morgan fingerprint density at radius 2 is 1.75 bits per heavy atom. The molecule has 1 aromatic heterocycles. The Morgan fingerprint density at radius 3 is 2.47 bits per heavy atom. The van der Waals surface area contributed by atoms with Gasteiger partial charge in [-0.3, -0.25) is 9.59 Å². The zero-order valence-electron chi connectivity index (χ0n) is 17.8. The Bertz CT molecular complexity index is 1150. The quantitative estimate of drug-likeness (QED) is 0.531. The SMILES string of the molecule is Cc1ccc(C(=O)NC2CC2)cc1NC(=O)c1ccc(OCc2nnc(C3CC3)s2)cc1. The first-order chi connectivity index (χ1) is 15.5. The van der Waals surface area contributed by atoms with E-state index in [-0.39, 0.29) is 17.9 Å². The highest BCUT2D eigenvalue weighted by Gasteiger charge is 2.27. The van der Waals surface area contributed by atoms with Crippen molar-refractivity contribution in [1.82, 2.24) is 15.5 Å². The zero-order valence-corrected chi connectivity index (χ0v) is 18.6. The fraction of sp³-hybridized carbons (Fsp3) is 0.333. The highest BCUT2D eigenvalue weighted by molar-refractivity contribution is 7.11. The van der Waals surface area contributed by atoms with Crippen LogP contribution in [0.1, 0.15) is 67.9 Å². The summed E-state index contributed by atoms with van der Waals surface area (Å²) in [6.45, 7) is 2.27. The summed E-state index contributed by atoms with van der Waals surface area (Å²) >= 11 is 1.60. The summed E-state index contributed by atoms with van der Waals surface area (Å²) in [5.74, 6) is 0.914. The van der Waals surface area contributed by atoms with Crippen molar-refractivity contribution in [1.29, 1.82) is 0 Å². The van der Waals surface area contributed by atoms with E-state index >= 15 is 0 Å². The number of hydrogen-bond acceptors (Lipinski definition) is 6. The number of nitrogens with zero attached hydrogens (tertiary/aromatic N) is 2. The van der Waals surface area contributed by atoms with Gasteiger partial charge in [0.2, 0.25) is 0 Å². The molecule has 2 fully saturated rings. The van der Waals surface area contributed by atoms with Crippen molar-refractivity contribution >= 4 is 28.8 Å². The van der Waals surface area contributed by atoms with Crippen LogP contribution >= 0.6 is 11.3 Å². The first kappa shape index (κ1) is 20.6. The van der Waals surface area contributed by atoms with Crippen molar-refractivity contribution in [2.75, 3.05) is 5.32 Å². The Balaban J connectivity index is 1.19. The normalized spacial score (nSPS) is 15.3. The van der Waals surface area contributed by atoms with Gasteiger partial charge in [0.05, 0.1) is 0 Å². The van der Waals surface area contributed by atoms with Gasteiger partial charge in [-0.15, -0.1) is 10.2 Å². The van der Waals surface area contributed by atoms with Crippen LogP contribution in [0.4, 0.5) is 5.69 Å². The van der Waals surface area contributed by atoms with Gasteiger partial charge in [-0.05, 0) is 74.6 Å². The van der Waals surface area contributed by atoms with Gasteiger partial charge in [0.25, 0.3) is 11.8 Å². The maximum Gasteiger partial charge on any atom is 0.255 e. The summed E-state index contributed by atoms with van der Waals surface area (Å²) < 4.78 is 5.79. The second-order valence-corrected chi connectivity index (χ2v) is 9.45. The number of hydrogen-bond donors (Lipinski definition) is 2. The Kier molecular flexibility index (Phi) is 5.61. The third-order valence-corrected chi connectivity index (χ3v) is 6.61. The van der Waals surface area contributed by atoms with Gasteiger partial charge in [0.1, 0.15) is 17.4 Å². The summed E-state index contributed by atoms with van der Waals surface area (Å²) in [4.78, 5) is 25.0. The largest absolute Gasteiger partial charge is 0.486 e. The van der Waals surface area contributed by atoms with E-state index in [1.165, 1.54) is 12.8 Å². The molecule has 2 aromatic carbocycles. The first-order valence-electron chi connectivity index (χ1n) is 10.8. The number of amides is 2. The summed E-state index contributed by atoms with van der Waals surface area (Å²) in [5.41, 5.74) is 2.57. The molecule has 0 radical (unpaired) electrons. The van der Waals surface area contributed by atoms with Gasteiger partial charge >= 0.3 is 0 Å². The molecule has 5 rings (SSSR count). The summed E-state index contributed by atoms with van der Waals surface area (Å²) in [6.07, 6.45) is 4.47. The van der Waals surface area contributed by atoms with Crippen LogP contribution in [0.2, 0.25) is 0 Å². The van der Waals surface area contributed by atoms with Crippen LogP contribution in [0, 0.1) is 6.92 Å². The lowest BCUT2D eigenvalue weighted by atomic mass is 10.1. The number of anilines is 1. The number of carbonyl (C=O) groups is 2. The van der Waals surface area contributed by atoms with E-state index in [9.17, 15) is 9.59 Å². The van der Waals surface area contributed by atoms with Gasteiger partial charge in [-0.1, -0.05) is 17.4 Å². The van der Waals surface area contributed by atoms with Gasteiger partial charge in [0.15, 0.2) is 5.01 Å². The molecule has 2 aliphatic carbocycles. The Hall–Kier alpha value is -3.26. The fourth-order valence-corrected chi connectivity index (χ4v) is 4.18. The van der Waals surface area contributed by atoms with Crippen LogP contribution in [0.25, 0.3) is 0 Å². The highest BCUT2D eigenvalue weighted by Crippen LogP contribution is 2.41. The first-order valence-corrected chi connectivity index (χ1v) is 11.6. The second kappa shape index (κ2) is 8.70. The van der Waals surface area contributed by atoms with Crippen molar-refractivity contribution in [3.63, 3.8) is 0 Å². The molecule has 0 spiro atoms. The van der Waals surface area contributed by atoms with Crippen molar-refractivity contribution < 1.29 is 14.3 Å². The molecular weight excluding hydrogens is 424 g/mol. The standard InChI is InChI=1S/C24H24N4O3S/c1-14-2-3-17(23(30)25-18-8-9-18)12-20(14)26-22(29)15-6-10-19(11-7-15)31-13-21-27-28-24(32-21)16-4-5-16/h2-3,6-7,10-12,16,18H,4-5,8-9,13H2,1H3,(H,25,30)(H,26,29).